The van der Waals surface area contributed by atoms with Gasteiger partial charge in [0.2, 0.25) is 29.5 Å². The van der Waals surface area contributed by atoms with Crippen molar-refractivity contribution in [1.29, 1.82) is 0 Å². The molecule has 1 rings (SSSR count). The molecule has 0 aliphatic carbocycles. The van der Waals surface area contributed by atoms with E-state index < -0.39 is 18.0 Å². The molecular weight excluding hydrogens is 408 g/mol. The third kappa shape index (κ3) is 7.62. The van der Waals surface area contributed by atoms with Gasteiger partial charge in [0, 0.05) is 26.4 Å². The van der Waals surface area contributed by atoms with Gasteiger partial charge in [-0.3, -0.25) is 28.9 Å². The SMILES string of the molecule is CNC(=O)[C@H](C)NC(=O)C(NC(=O)CCCCCN1C(=O)CC(SC)C1=O)C(C)C. The number of likely N-dealkylation sites (tertiary alicyclic amines) is 1. The zero-order chi connectivity index (χ0) is 22.8. The summed E-state index contributed by atoms with van der Waals surface area (Å²) in [5.41, 5.74) is 0. The summed E-state index contributed by atoms with van der Waals surface area (Å²) in [6, 6.07) is -1.42. The lowest BCUT2D eigenvalue weighted by atomic mass is 10.0. The van der Waals surface area contributed by atoms with Crippen LogP contribution in [0.3, 0.4) is 0 Å². The van der Waals surface area contributed by atoms with Crippen molar-refractivity contribution >= 4 is 41.3 Å². The molecule has 0 spiro atoms. The van der Waals surface area contributed by atoms with Crippen molar-refractivity contribution in [3.8, 4) is 0 Å². The summed E-state index contributed by atoms with van der Waals surface area (Å²) in [6.07, 6.45) is 4.26. The number of nitrogens with one attached hydrogen (secondary N) is 3. The Labute approximate surface area is 182 Å². The number of likely N-dealkylation sites (N-methyl/N-ethyl adjacent to an activating group) is 1. The number of unbranched alkanes of at least 4 members (excludes halogenated alkanes) is 2. The Hall–Kier alpha value is -2.10. The fourth-order valence-corrected chi connectivity index (χ4v) is 3.81. The summed E-state index contributed by atoms with van der Waals surface area (Å²) in [4.78, 5) is 61.5. The molecule has 1 saturated heterocycles. The van der Waals surface area contributed by atoms with E-state index in [-0.39, 0.29) is 47.6 Å². The molecule has 3 atom stereocenters. The van der Waals surface area contributed by atoms with E-state index in [4.69, 9.17) is 0 Å². The van der Waals surface area contributed by atoms with Gasteiger partial charge in [0.05, 0.1) is 5.25 Å². The molecule has 1 fully saturated rings. The zero-order valence-corrected chi connectivity index (χ0v) is 19.3. The van der Waals surface area contributed by atoms with Crippen LogP contribution in [0.4, 0.5) is 0 Å². The Morgan fingerprint density at radius 3 is 2.27 bits per heavy atom. The average molecular weight is 443 g/mol. The van der Waals surface area contributed by atoms with E-state index in [2.05, 4.69) is 16.0 Å². The Morgan fingerprint density at radius 2 is 1.73 bits per heavy atom. The minimum absolute atomic E-state index is 0.123. The molecule has 10 heteroatoms. The third-order valence-corrected chi connectivity index (χ3v) is 5.97. The van der Waals surface area contributed by atoms with Gasteiger partial charge in [-0.05, 0) is 31.9 Å². The second kappa shape index (κ2) is 12.6. The van der Waals surface area contributed by atoms with Crippen LogP contribution in [0.5, 0.6) is 0 Å². The van der Waals surface area contributed by atoms with Gasteiger partial charge in [-0.25, -0.2) is 0 Å². The quantitative estimate of drug-likeness (QED) is 0.297. The highest BCUT2D eigenvalue weighted by atomic mass is 32.2. The van der Waals surface area contributed by atoms with Crippen molar-refractivity contribution in [3.63, 3.8) is 0 Å². The molecule has 0 aromatic carbocycles. The van der Waals surface area contributed by atoms with Gasteiger partial charge in [0.15, 0.2) is 0 Å². The van der Waals surface area contributed by atoms with Gasteiger partial charge in [0.1, 0.15) is 12.1 Å². The molecule has 170 valence electrons. The number of nitrogens with zero attached hydrogens (tertiary/aromatic N) is 1. The van der Waals surface area contributed by atoms with Crippen LogP contribution in [-0.4, -0.2) is 71.6 Å². The van der Waals surface area contributed by atoms with Gasteiger partial charge in [0.25, 0.3) is 0 Å². The molecule has 3 N–H and O–H groups in total. The zero-order valence-electron chi connectivity index (χ0n) is 18.4. The summed E-state index contributed by atoms with van der Waals surface area (Å²) >= 11 is 1.39. The summed E-state index contributed by atoms with van der Waals surface area (Å²) in [6.45, 7) is 5.60. The van der Waals surface area contributed by atoms with Gasteiger partial charge in [-0.2, -0.15) is 11.8 Å². The Balaban J connectivity index is 2.37. The molecule has 0 bridgehead atoms. The van der Waals surface area contributed by atoms with Crippen LogP contribution in [0, 0.1) is 5.92 Å². The molecule has 0 aromatic heterocycles. The first-order valence-electron chi connectivity index (χ1n) is 10.3. The second-order valence-electron chi connectivity index (χ2n) is 7.76. The molecule has 2 unspecified atom stereocenters. The first-order chi connectivity index (χ1) is 14.1. The van der Waals surface area contributed by atoms with Gasteiger partial charge < -0.3 is 16.0 Å². The normalized spacial score (nSPS) is 18.3. The topological polar surface area (TPSA) is 125 Å². The first-order valence-corrected chi connectivity index (χ1v) is 11.6. The number of amides is 5. The second-order valence-corrected chi connectivity index (χ2v) is 8.80. The van der Waals surface area contributed by atoms with Crippen molar-refractivity contribution < 1.29 is 24.0 Å². The van der Waals surface area contributed by atoms with Crippen LogP contribution in [0.25, 0.3) is 0 Å². The summed E-state index contributed by atoms with van der Waals surface area (Å²) in [5, 5.41) is 7.53. The number of thioether (sulfide) groups is 1. The monoisotopic (exact) mass is 442 g/mol. The van der Waals surface area contributed by atoms with E-state index in [1.165, 1.54) is 23.7 Å². The molecule has 30 heavy (non-hydrogen) atoms. The smallest absolute Gasteiger partial charge is 0.243 e. The van der Waals surface area contributed by atoms with Crippen molar-refractivity contribution in [3.05, 3.63) is 0 Å². The van der Waals surface area contributed by atoms with Crippen LogP contribution < -0.4 is 16.0 Å². The van der Waals surface area contributed by atoms with E-state index in [0.717, 1.165) is 0 Å². The molecular formula is C20H34N4O5S. The maximum Gasteiger partial charge on any atom is 0.243 e. The van der Waals surface area contributed by atoms with E-state index in [1.807, 2.05) is 20.1 Å². The van der Waals surface area contributed by atoms with Gasteiger partial charge in [-0.1, -0.05) is 20.3 Å². The van der Waals surface area contributed by atoms with E-state index in [0.29, 0.717) is 25.8 Å². The van der Waals surface area contributed by atoms with E-state index in [9.17, 15) is 24.0 Å². The minimum Gasteiger partial charge on any atom is -0.357 e. The largest absolute Gasteiger partial charge is 0.357 e. The first kappa shape index (κ1) is 25.9. The predicted molar refractivity (Wildman–Crippen MR) is 116 cm³/mol. The Kier molecular flexibility index (Phi) is 10.9. The Morgan fingerprint density at radius 1 is 1.07 bits per heavy atom. The molecule has 1 heterocycles. The maximum absolute atomic E-state index is 12.4. The summed E-state index contributed by atoms with van der Waals surface area (Å²) in [7, 11) is 1.49. The van der Waals surface area contributed by atoms with Crippen molar-refractivity contribution in [2.24, 2.45) is 5.92 Å². The molecule has 5 amide bonds. The van der Waals surface area contributed by atoms with Gasteiger partial charge in [-0.15, -0.1) is 0 Å². The summed E-state index contributed by atoms with van der Waals surface area (Å²) in [5.74, 6) is -1.34. The maximum atomic E-state index is 12.4. The third-order valence-electron chi connectivity index (χ3n) is 5.04. The van der Waals surface area contributed by atoms with Crippen LogP contribution in [0.2, 0.25) is 0 Å². The highest BCUT2D eigenvalue weighted by Gasteiger charge is 2.37. The fraction of sp³-hybridized carbons (Fsp3) is 0.750. The van der Waals surface area contributed by atoms with E-state index >= 15 is 0 Å². The highest BCUT2D eigenvalue weighted by molar-refractivity contribution is 8.00. The standard InChI is InChI=1S/C20H34N4O5S/c1-12(2)17(19(28)22-13(3)18(27)21-4)23-15(25)9-7-6-8-10-24-16(26)11-14(30-5)20(24)29/h12-14,17H,6-11H2,1-5H3,(H,21,27)(H,22,28)(H,23,25)/t13-,14?,17?/m0/s1. The highest BCUT2D eigenvalue weighted by Crippen LogP contribution is 2.23. The minimum atomic E-state index is -0.729. The van der Waals surface area contributed by atoms with Crippen LogP contribution in [-0.2, 0) is 24.0 Å². The lowest BCUT2D eigenvalue weighted by Crippen LogP contribution is -2.54. The van der Waals surface area contributed by atoms with Crippen LogP contribution in [0.1, 0.15) is 52.9 Å². The van der Waals surface area contributed by atoms with Crippen LogP contribution in [0.15, 0.2) is 0 Å². The molecule has 1 aliphatic rings. The van der Waals surface area contributed by atoms with Crippen molar-refractivity contribution in [2.75, 3.05) is 19.8 Å². The van der Waals surface area contributed by atoms with Gasteiger partial charge >= 0.3 is 0 Å². The van der Waals surface area contributed by atoms with Crippen molar-refractivity contribution in [2.45, 2.75) is 70.2 Å². The predicted octanol–water partition coefficient (Wildman–Crippen LogP) is 0.429. The number of hydrogen-bond acceptors (Lipinski definition) is 6. The Bertz CT molecular complexity index is 655. The molecule has 1 aliphatic heterocycles. The fourth-order valence-electron chi connectivity index (χ4n) is 3.17. The number of hydrogen-bond donors (Lipinski definition) is 3. The molecule has 0 aromatic rings. The summed E-state index contributed by atoms with van der Waals surface area (Å²) < 4.78 is 0. The van der Waals surface area contributed by atoms with Crippen molar-refractivity contribution in [1.82, 2.24) is 20.9 Å². The molecule has 9 nitrogen and oxygen atoms in total. The number of rotatable bonds is 12. The molecule has 0 radical (unpaired) electrons. The number of imide groups is 1. The van der Waals surface area contributed by atoms with Crippen LogP contribution >= 0.6 is 11.8 Å². The number of carbonyl (C=O) groups excluding carboxylic acids is 5. The molecule has 0 saturated carbocycles. The lowest BCUT2D eigenvalue weighted by Gasteiger charge is -2.23. The lowest BCUT2D eigenvalue weighted by molar-refractivity contribution is -0.138. The average Bonchev–Trinajstić information content (AvgIpc) is 2.97. The number of carbonyl (C=O) groups is 5. The van der Waals surface area contributed by atoms with E-state index in [1.54, 1.807) is 6.92 Å².